The highest BCUT2D eigenvalue weighted by Gasteiger charge is 2.19. The van der Waals surface area contributed by atoms with Gasteiger partial charge in [-0.05, 0) is 18.8 Å². The molecule has 1 aliphatic rings. The van der Waals surface area contributed by atoms with Crippen LogP contribution in [0.15, 0.2) is 0 Å². The van der Waals surface area contributed by atoms with Crippen molar-refractivity contribution in [3.63, 3.8) is 0 Å². The molecule has 0 spiro atoms. The van der Waals surface area contributed by atoms with Crippen molar-refractivity contribution in [3.05, 3.63) is 0 Å². The van der Waals surface area contributed by atoms with Crippen molar-refractivity contribution in [2.24, 2.45) is 17.6 Å². The first-order chi connectivity index (χ1) is 5.70. The molecule has 1 aliphatic carbocycles. The summed E-state index contributed by atoms with van der Waals surface area (Å²) in [7, 11) is 0. The van der Waals surface area contributed by atoms with Crippen molar-refractivity contribution >= 4 is 5.84 Å². The van der Waals surface area contributed by atoms with Gasteiger partial charge in [-0.2, -0.15) is 0 Å². The van der Waals surface area contributed by atoms with Crippen molar-refractivity contribution in [2.75, 3.05) is 0 Å². The van der Waals surface area contributed by atoms with E-state index in [0.29, 0.717) is 11.8 Å². The minimum atomic E-state index is 0.395. The summed E-state index contributed by atoms with van der Waals surface area (Å²) in [5.41, 5.74) is 5.40. The predicted octanol–water partition coefficient (Wildman–Crippen LogP) is 2.77. The van der Waals surface area contributed by atoms with E-state index in [4.69, 9.17) is 11.1 Å². The number of hydrogen-bond acceptors (Lipinski definition) is 1. The van der Waals surface area contributed by atoms with Gasteiger partial charge in [-0.1, -0.05) is 33.6 Å². The molecule has 0 radical (unpaired) electrons. The molecule has 3 N–H and O–H groups in total. The van der Waals surface area contributed by atoms with Crippen LogP contribution in [0.2, 0.25) is 0 Å². The standard InChI is InChI=1S/C8H16N2.C2H6/c1-6-2-4-7(5-3-6)8(9)10;1-2/h6-7H,2-5H2,1H3,(H3,9,10);1-2H3. The average molecular weight is 170 g/mol. The first kappa shape index (κ1) is 11.5. The van der Waals surface area contributed by atoms with E-state index in [9.17, 15) is 0 Å². The van der Waals surface area contributed by atoms with Crippen molar-refractivity contribution in [1.29, 1.82) is 5.41 Å². The molecule has 0 saturated heterocycles. The summed E-state index contributed by atoms with van der Waals surface area (Å²) in [6.45, 7) is 6.27. The van der Waals surface area contributed by atoms with Crippen LogP contribution < -0.4 is 5.73 Å². The van der Waals surface area contributed by atoms with E-state index in [0.717, 1.165) is 18.8 Å². The van der Waals surface area contributed by atoms with Crippen molar-refractivity contribution < 1.29 is 0 Å². The van der Waals surface area contributed by atoms with Gasteiger partial charge in [-0.15, -0.1) is 0 Å². The monoisotopic (exact) mass is 170 g/mol. The molecular weight excluding hydrogens is 148 g/mol. The lowest BCUT2D eigenvalue weighted by molar-refractivity contribution is 0.342. The van der Waals surface area contributed by atoms with Crippen LogP contribution in [-0.2, 0) is 0 Å². The highest BCUT2D eigenvalue weighted by Crippen LogP contribution is 2.27. The van der Waals surface area contributed by atoms with Gasteiger partial charge in [0.15, 0.2) is 0 Å². The Kier molecular flexibility index (Phi) is 5.77. The third-order valence-corrected chi connectivity index (χ3v) is 2.46. The minimum Gasteiger partial charge on any atom is -0.387 e. The zero-order valence-electron chi connectivity index (χ0n) is 8.56. The molecule has 0 aromatic carbocycles. The Labute approximate surface area is 76.0 Å². The second-order valence-corrected chi connectivity index (χ2v) is 3.41. The molecule has 0 atom stereocenters. The molecule has 2 nitrogen and oxygen atoms in total. The Balaban J connectivity index is 0.000000561. The molecule has 0 bridgehead atoms. The Morgan fingerprint density at radius 2 is 1.58 bits per heavy atom. The van der Waals surface area contributed by atoms with E-state index >= 15 is 0 Å². The molecule has 0 aromatic heterocycles. The lowest BCUT2D eigenvalue weighted by atomic mass is 9.82. The van der Waals surface area contributed by atoms with Gasteiger partial charge in [0.1, 0.15) is 0 Å². The van der Waals surface area contributed by atoms with Crippen LogP contribution >= 0.6 is 0 Å². The molecule has 2 heteroatoms. The highest BCUT2D eigenvalue weighted by molar-refractivity contribution is 5.79. The maximum Gasteiger partial charge on any atom is 0.0936 e. The van der Waals surface area contributed by atoms with Gasteiger partial charge in [-0.25, -0.2) is 0 Å². The topological polar surface area (TPSA) is 49.9 Å². The van der Waals surface area contributed by atoms with Crippen LogP contribution in [0.1, 0.15) is 46.5 Å². The fourth-order valence-corrected chi connectivity index (χ4v) is 1.57. The van der Waals surface area contributed by atoms with E-state index in [1.54, 1.807) is 0 Å². The number of nitrogens with two attached hydrogens (primary N) is 1. The number of nitrogens with one attached hydrogen (secondary N) is 1. The van der Waals surface area contributed by atoms with Gasteiger partial charge in [0, 0.05) is 5.92 Å². The second-order valence-electron chi connectivity index (χ2n) is 3.41. The number of hydrogen-bond donors (Lipinski definition) is 2. The second kappa shape index (κ2) is 6.04. The Bertz CT molecular complexity index is 124. The summed E-state index contributed by atoms with van der Waals surface area (Å²) < 4.78 is 0. The molecule has 0 unspecified atom stereocenters. The van der Waals surface area contributed by atoms with Crippen LogP contribution in [0.5, 0.6) is 0 Å². The number of amidine groups is 1. The largest absolute Gasteiger partial charge is 0.387 e. The molecule has 0 amide bonds. The Hall–Kier alpha value is -0.530. The van der Waals surface area contributed by atoms with Crippen LogP contribution in [-0.4, -0.2) is 5.84 Å². The summed E-state index contributed by atoms with van der Waals surface area (Å²) in [5.74, 6) is 1.65. The van der Waals surface area contributed by atoms with E-state index in [1.165, 1.54) is 12.8 Å². The minimum absolute atomic E-state index is 0.395. The molecular formula is C10H22N2. The number of rotatable bonds is 1. The first-order valence-corrected chi connectivity index (χ1v) is 5.04. The summed E-state index contributed by atoms with van der Waals surface area (Å²) in [4.78, 5) is 0. The normalized spacial score (nSPS) is 28.6. The molecule has 1 fully saturated rings. The lowest BCUT2D eigenvalue weighted by Crippen LogP contribution is -2.26. The average Bonchev–Trinajstić information content (AvgIpc) is 2.09. The lowest BCUT2D eigenvalue weighted by Gasteiger charge is -2.24. The summed E-state index contributed by atoms with van der Waals surface area (Å²) in [5, 5.41) is 7.23. The first-order valence-electron chi connectivity index (χ1n) is 5.04. The quantitative estimate of drug-likeness (QED) is 0.461. The summed E-state index contributed by atoms with van der Waals surface area (Å²) in [6, 6.07) is 0. The summed E-state index contributed by atoms with van der Waals surface area (Å²) >= 11 is 0. The smallest absolute Gasteiger partial charge is 0.0936 e. The van der Waals surface area contributed by atoms with Crippen molar-refractivity contribution in [3.8, 4) is 0 Å². The van der Waals surface area contributed by atoms with E-state index < -0.39 is 0 Å². The predicted molar refractivity (Wildman–Crippen MR) is 54.4 cm³/mol. The molecule has 0 heterocycles. The molecule has 0 aliphatic heterocycles. The van der Waals surface area contributed by atoms with Crippen molar-refractivity contribution in [2.45, 2.75) is 46.5 Å². The zero-order chi connectivity index (χ0) is 9.56. The third-order valence-electron chi connectivity index (χ3n) is 2.46. The Morgan fingerprint density at radius 3 is 1.92 bits per heavy atom. The van der Waals surface area contributed by atoms with Gasteiger partial charge in [0.25, 0.3) is 0 Å². The maximum atomic E-state index is 7.23. The molecule has 0 aromatic rings. The molecule has 12 heavy (non-hydrogen) atoms. The van der Waals surface area contributed by atoms with Crippen LogP contribution in [0.25, 0.3) is 0 Å². The zero-order valence-corrected chi connectivity index (χ0v) is 8.56. The van der Waals surface area contributed by atoms with Gasteiger partial charge in [0.05, 0.1) is 5.84 Å². The molecule has 1 saturated carbocycles. The van der Waals surface area contributed by atoms with Crippen LogP contribution in [0.4, 0.5) is 0 Å². The van der Waals surface area contributed by atoms with Gasteiger partial charge < -0.3 is 5.73 Å². The van der Waals surface area contributed by atoms with Gasteiger partial charge >= 0.3 is 0 Å². The summed E-state index contributed by atoms with van der Waals surface area (Å²) in [6.07, 6.45) is 4.78. The van der Waals surface area contributed by atoms with Crippen LogP contribution in [0, 0.1) is 17.2 Å². The SMILES string of the molecule is CC.CC1CCC(C(=N)N)CC1. The fourth-order valence-electron chi connectivity index (χ4n) is 1.57. The fraction of sp³-hybridized carbons (Fsp3) is 0.900. The van der Waals surface area contributed by atoms with E-state index in [-0.39, 0.29) is 0 Å². The molecule has 1 rings (SSSR count). The Morgan fingerprint density at radius 1 is 1.17 bits per heavy atom. The molecule has 72 valence electrons. The third kappa shape index (κ3) is 3.74. The van der Waals surface area contributed by atoms with E-state index in [1.807, 2.05) is 13.8 Å². The van der Waals surface area contributed by atoms with Crippen LogP contribution in [0.3, 0.4) is 0 Å². The highest BCUT2D eigenvalue weighted by atomic mass is 14.7. The van der Waals surface area contributed by atoms with Crippen molar-refractivity contribution in [1.82, 2.24) is 0 Å². The van der Waals surface area contributed by atoms with Gasteiger partial charge in [-0.3, -0.25) is 5.41 Å². The van der Waals surface area contributed by atoms with E-state index in [2.05, 4.69) is 6.92 Å². The van der Waals surface area contributed by atoms with Gasteiger partial charge in [0.2, 0.25) is 0 Å². The maximum absolute atomic E-state index is 7.23.